The second-order valence-corrected chi connectivity index (χ2v) is 4.85. The first-order valence-corrected chi connectivity index (χ1v) is 4.85. The van der Waals surface area contributed by atoms with Crippen molar-refractivity contribution in [2.24, 2.45) is 5.41 Å². The van der Waals surface area contributed by atoms with Gasteiger partial charge in [-0.1, -0.05) is 13.8 Å². The Balaban J connectivity index is 2.36. The monoisotopic (exact) mass is 180 g/mol. The Kier molecular flexibility index (Phi) is 1.68. The summed E-state index contributed by atoms with van der Waals surface area (Å²) in [5.74, 6) is 0. The van der Waals surface area contributed by atoms with E-state index in [9.17, 15) is 4.79 Å². The van der Waals surface area contributed by atoms with E-state index >= 15 is 0 Å². The van der Waals surface area contributed by atoms with Crippen LogP contribution in [0.25, 0.3) is 0 Å². The summed E-state index contributed by atoms with van der Waals surface area (Å²) in [5, 5.41) is 0. The van der Waals surface area contributed by atoms with Gasteiger partial charge in [0.25, 0.3) is 0 Å². The van der Waals surface area contributed by atoms with Gasteiger partial charge in [0, 0.05) is 0 Å². The molecule has 0 spiro atoms. The molecule has 0 aromatic carbocycles. The number of allylic oxidation sites excluding steroid dienone is 1. The van der Waals surface area contributed by atoms with Crippen LogP contribution in [0.4, 0.5) is 0 Å². The third kappa shape index (κ3) is 1.16. The minimum absolute atomic E-state index is 0.122. The number of epoxide rings is 1. The molecule has 2 nitrogen and oxygen atoms in total. The van der Waals surface area contributed by atoms with Crippen LogP contribution in [0, 0.1) is 5.41 Å². The second kappa shape index (κ2) is 2.44. The predicted molar refractivity (Wildman–Crippen MR) is 50.4 cm³/mol. The van der Waals surface area contributed by atoms with E-state index in [4.69, 9.17) is 4.74 Å². The molecule has 1 heterocycles. The first-order valence-electron chi connectivity index (χ1n) is 4.85. The van der Waals surface area contributed by atoms with E-state index in [2.05, 4.69) is 20.8 Å². The van der Waals surface area contributed by atoms with Crippen molar-refractivity contribution < 1.29 is 9.53 Å². The van der Waals surface area contributed by atoms with Crippen molar-refractivity contribution in [3.05, 3.63) is 11.6 Å². The summed E-state index contributed by atoms with van der Waals surface area (Å²) in [6, 6.07) is 0. The number of rotatable bonds is 1. The van der Waals surface area contributed by atoms with Crippen LogP contribution in [0.3, 0.4) is 0 Å². The maximum atomic E-state index is 10.5. The predicted octanol–water partition coefficient (Wildman–Crippen LogP) is 2.09. The van der Waals surface area contributed by atoms with Crippen molar-refractivity contribution in [2.45, 2.75) is 45.3 Å². The number of fused-ring (bicyclic) bond motifs is 1. The number of hydrogen-bond donors (Lipinski definition) is 0. The highest BCUT2D eigenvalue weighted by molar-refractivity contribution is 5.68. The Morgan fingerprint density at radius 2 is 2.15 bits per heavy atom. The highest BCUT2D eigenvalue weighted by atomic mass is 16.6. The van der Waals surface area contributed by atoms with E-state index in [0.29, 0.717) is 6.10 Å². The molecule has 0 amide bonds. The number of hydrogen-bond acceptors (Lipinski definition) is 2. The van der Waals surface area contributed by atoms with E-state index < -0.39 is 0 Å². The average Bonchev–Trinajstić information content (AvgIpc) is 2.70. The van der Waals surface area contributed by atoms with Gasteiger partial charge in [0.15, 0.2) is 0 Å². The smallest absolute Gasteiger partial charge is 0.142 e. The van der Waals surface area contributed by atoms with Gasteiger partial charge in [-0.25, -0.2) is 0 Å². The molecule has 72 valence electrons. The summed E-state index contributed by atoms with van der Waals surface area (Å²) in [6.07, 6.45) is 5.18. The minimum Gasteiger partial charge on any atom is -0.362 e. The van der Waals surface area contributed by atoms with Crippen molar-refractivity contribution in [3.63, 3.8) is 0 Å². The fourth-order valence-corrected chi connectivity index (χ4v) is 2.59. The number of carbonyl (C=O) groups is 1. The fourth-order valence-electron chi connectivity index (χ4n) is 2.59. The maximum Gasteiger partial charge on any atom is 0.142 e. The normalized spacial score (nSPS) is 44.2. The number of carbonyl (C=O) groups excluding carboxylic acids is 1. The van der Waals surface area contributed by atoms with Crippen molar-refractivity contribution in [3.8, 4) is 0 Å². The zero-order valence-electron chi connectivity index (χ0n) is 8.46. The first kappa shape index (κ1) is 8.95. The van der Waals surface area contributed by atoms with Crippen LogP contribution in [0.1, 0.15) is 33.6 Å². The molecular weight excluding hydrogens is 164 g/mol. The molecule has 1 saturated carbocycles. The molecule has 2 aliphatic rings. The molecule has 2 heteroatoms. The average molecular weight is 180 g/mol. The molecule has 1 saturated heterocycles. The van der Waals surface area contributed by atoms with Crippen LogP contribution in [-0.2, 0) is 9.53 Å². The Morgan fingerprint density at radius 3 is 2.77 bits per heavy atom. The summed E-state index contributed by atoms with van der Waals surface area (Å²) in [7, 11) is 0. The third-order valence-corrected chi connectivity index (χ3v) is 3.47. The van der Waals surface area contributed by atoms with Crippen molar-refractivity contribution in [1.29, 1.82) is 0 Å². The molecule has 13 heavy (non-hydrogen) atoms. The maximum absolute atomic E-state index is 10.5. The van der Waals surface area contributed by atoms with Crippen molar-refractivity contribution in [1.82, 2.24) is 0 Å². The van der Waals surface area contributed by atoms with Gasteiger partial charge in [-0.05, 0) is 36.8 Å². The first-order chi connectivity index (χ1) is 6.00. The van der Waals surface area contributed by atoms with Crippen molar-refractivity contribution >= 4 is 6.29 Å². The van der Waals surface area contributed by atoms with Crippen LogP contribution in [0.15, 0.2) is 11.6 Å². The van der Waals surface area contributed by atoms with Gasteiger partial charge in [-0.3, -0.25) is 4.79 Å². The molecular formula is C11H16O2. The molecule has 2 unspecified atom stereocenters. The van der Waals surface area contributed by atoms with E-state index in [1.54, 1.807) is 6.08 Å². The summed E-state index contributed by atoms with van der Waals surface area (Å²) in [4.78, 5) is 10.5. The van der Waals surface area contributed by atoms with Crippen LogP contribution in [-0.4, -0.2) is 18.0 Å². The minimum atomic E-state index is -0.122. The molecule has 2 rings (SSSR count). The molecule has 0 N–H and O–H groups in total. The Labute approximate surface area is 79.0 Å². The largest absolute Gasteiger partial charge is 0.362 e. The molecule has 1 aliphatic carbocycles. The summed E-state index contributed by atoms with van der Waals surface area (Å²) >= 11 is 0. The van der Waals surface area contributed by atoms with E-state index in [1.807, 2.05) is 0 Å². The summed E-state index contributed by atoms with van der Waals surface area (Å²) in [5.41, 5.74) is 1.18. The molecule has 0 bridgehead atoms. The lowest BCUT2D eigenvalue weighted by Crippen LogP contribution is -2.32. The van der Waals surface area contributed by atoms with Gasteiger partial charge >= 0.3 is 0 Å². The molecule has 0 aromatic rings. The third-order valence-electron chi connectivity index (χ3n) is 3.47. The Hall–Kier alpha value is -0.630. The molecule has 1 aliphatic heterocycles. The zero-order chi connectivity index (χ0) is 9.69. The molecule has 2 atom stereocenters. The van der Waals surface area contributed by atoms with E-state index in [0.717, 1.165) is 19.1 Å². The Morgan fingerprint density at radius 1 is 1.46 bits per heavy atom. The number of aldehydes is 1. The topological polar surface area (TPSA) is 29.6 Å². The molecule has 2 fully saturated rings. The fraction of sp³-hybridized carbons (Fsp3) is 0.727. The van der Waals surface area contributed by atoms with E-state index in [-0.39, 0.29) is 11.0 Å². The number of ether oxygens (including phenoxy) is 1. The van der Waals surface area contributed by atoms with Crippen molar-refractivity contribution in [2.75, 3.05) is 0 Å². The Bertz CT molecular complexity index is 271. The van der Waals surface area contributed by atoms with Gasteiger partial charge in [-0.15, -0.1) is 0 Å². The summed E-state index contributed by atoms with van der Waals surface area (Å²) in [6.45, 7) is 6.46. The van der Waals surface area contributed by atoms with Gasteiger partial charge in [-0.2, -0.15) is 0 Å². The lowest BCUT2D eigenvalue weighted by Gasteiger charge is -2.34. The van der Waals surface area contributed by atoms with Crippen LogP contribution < -0.4 is 0 Å². The van der Waals surface area contributed by atoms with Gasteiger partial charge < -0.3 is 4.74 Å². The van der Waals surface area contributed by atoms with Gasteiger partial charge in [0.2, 0.25) is 0 Å². The quantitative estimate of drug-likeness (QED) is 0.351. The lowest BCUT2D eigenvalue weighted by atomic mass is 9.68. The van der Waals surface area contributed by atoms with E-state index in [1.165, 1.54) is 5.57 Å². The second-order valence-electron chi connectivity index (χ2n) is 4.85. The van der Waals surface area contributed by atoms with Crippen LogP contribution in [0.5, 0.6) is 0 Å². The summed E-state index contributed by atoms with van der Waals surface area (Å²) < 4.78 is 5.64. The van der Waals surface area contributed by atoms with Gasteiger partial charge in [0.05, 0.1) is 6.10 Å². The molecule has 0 aromatic heterocycles. The SMILES string of the molecule is CC1(C)CCC2OC2(C)/C1=C/C=O. The zero-order valence-corrected chi connectivity index (χ0v) is 8.46. The highest BCUT2D eigenvalue weighted by Gasteiger charge is 2.60. The lowest BCUT2D eigenvalue weighted by molar-refractivity contribution is -0.104. The molecule has 0 radical (unpaired) electrons. The van der Waals surface area contributed by atoms with Crippen LogP contribution in [0.2, 0.25) is 0 Å². The van der Waals surface area contributed by atoms with Crippen LogP contribution >= 0.6 is 0 Å². The standard InChI is InChI=1S/C11H16O2/c1-10(2)6-4-9-11(3,13-9)8(10)5-7-12/h5,7,9H,4,6H2,1-3H3/b8-5+. The van der Waals surface area contributed by atoms with Gasteiger partial charge in [0.1, 0.15) is 11.9 Å². The highest BCUT2D eigenvalue weighted by Crippen LogP contribution is 2.57.